The number of rotatable bonds is 4. The van der Waals surface area contributed by atoms with Crippen molar-refractivity contribution in [2.24, 2.45) is 10.9 Å². The van der Waals surface area contributed by atoms with E-state index >= 15 is 0 Å². The van der Waals surface area contributed by atoms with E-state index in [1.54, 1.807) is 0 Å². The van der Waals surface area contributed by atoms with Crippen LogP contribution in [0.1, 0.15) is 11.1 Å². The molecule has 0 atom stereocenters. The van der Waals surface area contributed by atoms with Crippen LogP contribution in [0.3, 0.4) is 0 Å². The van der Waals surface area contributed by atoms with Gasteiger partial charge in [0.1, 0.15) is 6.54 Å². The van der Waals surface area contributed by atoms with Crippen molar-refractivity contribution in [1.82, 2.24) is 0 Å². The zero-order valence-electron chi connectivity index (χ0n) is 6.86. The van der Waals surface area contributed by atoms with Crippen molar-refractivity contribution in [1.29, 1.82) is 0 Å². The van der Waals surface area contributed by atoms with Crippen molar-refractivity contribution in [2.45, 2.75) is 13.0 Å². The van der Waals surface area contributed by atoms with Crippen molar-refractivity contribution in [3.05, 3.63) is 40.3 Å². The maximum atomic E-state index is 9.91. The van der Waals surface area contributed by atoms with Gasteiger partial charge in [-0.25, -0.2) is 0 Å². The molecule has 0 amide bonds. The van der Waals surface area contributed by atoms with Gasteiger partial charge in [-0.1, -0.05) is 29.4 Å². The van der Waals surface area contributed by atoms with Gasteiger partial charge >= 0.3 is 0 Å². The molecular formula is C9H12N2O. The average Bonchev–Trinajstić information content (AvgIpc) is 2.09. The Bertz CT molecular complexity index is 243. The molecule has 1 rings (SSSR count). The first-order valence-corrected chi connectivity index (χ1v) is 3.94. The monoisotopic (exact) mass is 164 g/mol. The molecule has 0 bridgehead atoms. The van der Waals surface area contributed by atoms with Gasteiger partial charge in [0.15, 0.2) is 0 Å². The molecule has 12 heavy (non-hydrogen) atoms. The highest BCUT2D eigenvalue weighted by molar-refractivity contribution is 5.22. The second-order valence-corrected chi connectivity index (χ2v) is 2.64. The van der Waals surface area contributed by atoms with Gasteiger partial charge < -0.3 is 5.73 Å². The Morgan fingerprint density at radius 2 is 1.75 bits per heavy atom. The van der Waals surface area contributed by atoms with Crippen molar-refractivity contribution in [2.75, 3.05) is 6.54 Å². The molecule has 0 aliphatic rings. The molecule has 0 heterocycles. The molecule has 0 saturated heterocycles. The molecule has 0 radical (unpaired) electrons. The lowest BCUT2D eigenvalue weighted by molar-refractivity contribution is 0.963. The summed E-state index contributed by atoms with van der Waals surface area (Å²) in [6.07, 6.45) is 0.884. The van der Waals surface area contributed by atoms with Crippen molar-refractivity contribution in [3.8, 4) is 0 Å². The van der Waals surface area contributed by atoms with E-state index in [0.29, 0.717) is 6.54 Å². The predicted molar refractivity (Wildman–Crippen MR) is 48.7 cm³/mol. The molecule has 0 unspecified atom stereocenters. The van der Waals surface area contributed by atoms with E-state index in [1.807, 2.05) is 24.3 Å². The lowest BCUT2D eigenvalue weighted by Crippen LogP contribution is -2.02. The molecule has 1 aromatic rings. The molecule has 3 heteroatoms. The number of nitroso groups, excluding NO2 is 1. The standard InChI is InChI=1S/C9H12N2O/c10-6-5-8-1-3-9(4-2-8)7-11-12/h1-4H,5-7,10H2. The van der Waals surface area contributed by atoms with Gasteiger partial charge in [0.05, 0.1) is 0 Å². The zero-order chi connectivity index (χ0) is 8.81. The van der Waals surface area contributed by atoms with E-state index in [9.17, 15) is 4.91 Å². The molecule has 0 saturated carbocycles. The van der Waals surface area contributed by atoms with E-state index in [2.05, 4.69) is 5.18 Å². The molecule has 0 aliphatic carbocycles. The van der Waals surface area contributed by atoms with Gasteiger partial charge in [0.2, 0.25) is 0 Å². The van der Waals surface area contributed by atoms with Crippen molar-refractivity contribution in [3.63, 3.8) is 0 Å². The maximum Gasteiger partial charge on any atom is 0.106 e. The van der Waals surface area contributed by atoms with Crippen molar-refractivity contribution >= 4 is 0 Å². The largest absolute Gasteiger partial charge is 0.330 e. The minimum absolute atomic E-state index is 0.253. The average molecular weight is 164 g/mol. The minimum atomic E-state index is 0.253. The van der Waals surface area contributed by atoms with E-state index in [1.165, 1.54) is 5.56 Å². The summed E-state index contributed by atoms with van der Waals surface area (Å²) in [5.41, 5.74) is 7.54. The van der Waals surface area contributed by atoms with Crippen LogP contribution in [0, 0.1) is 4.91 Å². The molecule has 64 valence electrons. The van der Waals surface area contributed by atoms with Crippen LogP contribution in [0.2, 0.25) is 0 Å². The Hall–Kier alpha value is -1.22. The van der Waals surface area contributed by atoms with Crippen LogP contribution >= 0.6 is 0 Å². The second-order valence-electron chi connectivity index (χ2n) is 2.64. The maximum absolute atomic E-state index is 9.91. The summed E-state index contributed by atoms with van der Waals surface area (Å²) >= 11 is 0. The van der Waals surface area contributed by atoms with Crippen LogP contribution in [-0.2, 0) is 13.0 Å². The lowest BCUT2D eigenvalue weighted by atomic mass is 10.1. The summed E-state index contributed by atoms with van der Waals surface area (Å²) in [5.74, 6) is 0. The van der Waals surface area contributed by atoms with Crippen LogP contribution in [0.4, 0.5) is 0 Å². The highest BCUT2D eigenvalue weighted by Crippen LogP contribution is 2.05. The molecular weight excluding hydrogens is 152 g/mol. The van der Waals surface area contributed by atoms with Gasteiger partial charge in [-0.05, 0) is 24.1 Å². The molecule has 1 aromatic carbocycles. The van der Waals surface area contributed by atoms with E-state index in [4.69, 9.17) is 5.73 Å². The summed E-state index contributed by atoms with van der Waals surface area (Å²) in [5, 5.41) is 2.81. The molecule has 3 nitrogen and oxygen atoms in total. The highest BCUT2D eigenvalue weighted by Gasteiger charge is 1.93. The first-order chi connectivity index (χ1) is 5.86. The Kier molecular flexibility index (Phi) is 3.41. The number of hydrogen-bond donors (Lipinski definition) is 1. The van der Waals surface area contributed by atoms with Crippen LogP contribution in [0.5, 0.6) is 0 Å². The summed E-state index contributed by atoms with van der Waals surface area (Å²) in [6.45, 7) is 0.911. The summed E-state index contributed by atoms with van der Waals surface area (Å²) in [6, 6.07) is 7.78. The van der Waals surface area contributed by atoms with Crippen LogP contribution < -0.4 is 5.73 Å². The second kappa shape index (κ2) is 4.62. The number of benzene rings is 1. The normalized spacial score (nSPS) is 9.75. The number of hydrogen-bond acceptors (Lipinski definition) is 3. The summed E-state index contributed by atoms with van der Waals surface area (Å²) < 4.78 is 0. The van der Waals surface area contributed by atoms with Gasteiger partial charge in [0.25, 0.3) is 0 Å². The van der Waals surface area contributed by atoms with Gasteiger partial charge in [-0.15, -0.1) is 0 Å². The topological polar surface area (TPSA) is 55.4 Å². The molecule has 0 aliphatic heterocycles. The Morgan fingerprint density at radius 1 is 1.17 bits per heavy atom. The van der Waals surface area contributed by atoms with Crippen molar-refractivity contribution < 1.29 is 0 Å². The van der Waals surface area contributed by atoms with E-state index in [0.717, 1.165) is 12.0 Å². The fourth-order valence-corrected chi connectivity index (χ4v) is 1.05. The number of nitrogens with zero attached hydrogens (tertiary/aromatic N) is 1. The third-order valence-corrected chi connectivity index (χ3v) is 1.70. The fraction of sp³-hybridized carbons (Fsp3) is 0.333. The minimum Gasteiger partial charge on any atom is -0.330 e. The highest BCUT2D eigenvalue weighted by atomic mass is 16.3. The quantitative estimate of drug-likeness (QED) is 0.685. The Balaban J connectivity index is 2.64. The Morgan fingerprint density at radius 3 is 2.25 bits per heavy atom. The van der Waals surface area contributed by atoms with Crippen LogP contribution in [0.15, 0.2) is 29.4 Å². The summed E-state index contributed by atoms with van der Waals surface area (Å²) in [7, 11) is 0. The Labute approximate surface area is 71.6 Å². The third-order valence-electron chi connectivity index (χ3n) is 1.70. The van der Waals surface area contributed by atoms with Gasteiger partial charge in [-0.2, -0.15) is 4.91 Å². The molecule has 0 spiro atoms. The fourth-order valence-electron chi connectivity index (χ4n) is 1.05. The van der Waals surface area contributed by atoms with E-state index < -0.39 is 0 Å². The van der Waals surface area contributed by atoms with Crippen LogP contribution in [0.25, 0.3) is 0 Å². The van der Waals surface area contributed by atoms with Gasteiger partial charge in [-0.3, -0.25) is 0 Å². The number of nitrogens with two attached hydrogens (primary N) is 1. The van der Waals surface area contributed by atoms with Gasteiger partial charge in [0, 0.05) is 0 Å². The summed E-state index contributed by atoms with van der Waals surface area (Å²) in [4.78, 5) is 9.91. The molecule has 2 N–H and O–H groups in total. The lowest BCUT2D eigenvalue weighted by Gasteiger charge is -1.98. The first kappa shape index (κ1) is 8.87. The molecule has 0 aromatic heterocycles. The SMILES string of the molecule is NCCc1ccc(CN=O)cc1. The predicted octanol–water partition coefficient (Wildman–Crippen LogP) is 1.45. The molecule has 0 fully saturated rings. The first-order valence-electron chi connectivity index (χ1n) is 3.94. The zero-order valence-corrected chi connectivity index (χ0v) is 6.86. The third kappa shape index (κ3) is 2.43. The smallest absolute Gasteiger partial charge is 0.106 e. The van der Waals surface area contributed by atoms with E-state index in [-0.39, 0.29) is 6.54 Å². The van der Waals surface area contributed by atoms with Crippen LogP contribution in [-0.4, -0.2) is 6.54 Å².